The van der Waals surface area contributed by atoms with Crippen molar-refractivity contribution in [3.8, 4) is 16.3 Å². The maximum absolute atomic E-state index is 12.7. The van der Waals surface area contributed by atoms with Crippen LogP contribution in [0.3, 0.4) is 0 Å². The second kappa shape index (κ2) is 7.78. The molecule has 0 spiro atoms. The van der Waals surface area contributed by atoms with Gasteiger partial charge in [-0.15, -0.1) is 11.3 Å². The third-order valence-electron chi connectivity index (χ3n) is 5.65. The smallest absolute Gasteiger partial charge is 0.260 e. The first-order valence-corrected chi connectivity index (χ1v) is 10.5. The Labute approximate surface area is 159 Å². The largest absolute Gasteiger partial charge is 0.484 e. The van der Waals surface area contributed by atoms with Crippen molar-refractivity contribution in [3.05, 3.63) is 35.3 Å². The van der Waals surface area contributed by atoms with Gasteiger partial charge in [-0.05, 0) is 62.8 Å². The van der Waals surface area contributed by atoms with Crippen LogP contribution in [-0.4, -0.2) is 35.0 Å². The van der Waals surface area contributed by atoms with Crippen LogP contribution in [0.15, 0.2) is 29.6 Å². The summed E-state index contributed by atoms with van der Waals surface area (Å²) >= 11 is 1.64. The van der Waals surface area contributed by atoms with Crippen LogP contribution >= 0.6 is 11.3 Å². The van der Waals surface area contributed by atoms with Gasteiger partial charge in [0.25, 0.3) is 5.91 Å². The lowest BCUT2D eigenvalue weighted by molar-refractivity contribution is -0.139. The lowest BCUT2D eigenvalue weighted by atomic mass is 9.78. The standard InChI is InChI=1S/C21H26N2O2S/c1-15-14-26-21(22-15)17-8-10-18(11-9-17)25-13-20(24)23-12-4-6-16-5-2-3-7-19(16)23/h8-11,14,16,19H,2-7,12-13H2,1H3/t16-,19+/m0/s1. The second-order valence-electron chi connectivity index (χ2n) is 7.45. The molecule has 1 saturated carbocycles. The molecule has 26 heavy (non-hydrogen) atoms. The zero-order valence-corrected chi connectivity index (χ0v) is 16.1. The predicted octanol–water partition coefficient (Wildman–Crippen LogP) is 4.68. The summed E-state index contributed by atoms with van der Waals surface area (Å²) < 4.78 is 5.79. The summed E-state index contributed by atoms with van der Waals surface area (Å²) in [4.78, 5) is 19.3. The van der Waals surface area contributed by atoms with E-state index in [4.69, 9.17) is 4.74 Å². The number of carbonyl (C=O) groups excluding carboxylic acids is 1. The third-order valence-corrected chi connectivity index (χ3v) is 6.66. The predicted molar refractivity (Wildman–Crippen MR) is 104 cm³/mol. The molecule has 1 amide bonds. The average Bonchev–Trinajstić information content (AvgIpc) is 3.12. The molecule has 1 aromatic carbocycles. The minimum atomic E-state index is 0.138. The fourth-order valence-electron chi connectivity index (χ4n) is 4.34. The maximum Gasteiger partial charge on any atom is 0.260 e. The highest BCUT2D eigenvalue weighted by Crippen LogP contribution is 2.35. The molecular formula is C21H26N2O2S. The van der Waals surface area contributed by atoms with Crippen molar-refractivity contribution in [2.24, 2.45) is 5.92 Å². The highest BCUT2D eigenvalue weighted by atomic mass is 32.1. The van der Waals surface area contributed by atoms with Crippen molar-refractivity contribution in [1.82, 2.24) is 9.88 Å². The number of hydrogen-bond acceptors (Lipinski definition) is 4. The molecule has 2 aromatic rings. The van der Waals surface area contributed by atoms with E-state index in [0.29, 0.717) is 12.0 Å². The Morgan fingerprint density at radius 3 is 2.73 bits per heavy atom. The molecule has 5 heteroatoms. The van der Waals surface area contributed by atoms with E-state index in [1.807, 2.05) is 31.2 Å². The number of nitrogens with zero attached hydrogens (tertiary/aromatic N) is 2. The Kier molecular flexibility index (Phi) is 5.25. The highest BCUT2D eigenvalue weighted by Gasteiger charge is 2.35. The van der Waals surface area contributed by atoms with Gasteiger partial charge in [-0.1, -0.05) is 12.8 Å². The summed E-state index contributed by atoms with van der Waals surface area (Å²) in [6.07, 6.45) is 7.45. The molecule has 0 radical (unpaired) electrons. The summed E-state index contributed by atoms with van der Waals surface area (Å²) in [7, 11) is 0. The van der Waals surface area contributed by atoms with Gasteiger partial charge in [0.15, 0.2) is 6.61 Å². The van der Waals surface area contributed by atoms with E-state index in [1.54, 1.807) is 11.3 Å². The number of hydrogen-bond donors (Lipinski definition) is 0. The topological polar surface area (TPSA) is 42.4 Å². The molecule has 1 aliphatic heterocycles. The zero-order chi connectivity index (χ0) is 17.9. The summed E-state index contributed by atoms with van der Waals surface area (Å²) in [5.74, 6) is 1.59. The van der Waals surface area contributed by atoms with E-state index in [1.165, 1.54) is 32.1 Å². The Morgan fingerprint density at radius 2 is 1.96 bits per heavy atom. The quantitative estimate of drug-likeness (QED) is 0.785. The van der Waals surface area contributed by atoms with E-state index in [-0.39, 0.29) is 12.5 Å². The molecule has 2 atom stereocenters. The average molecular weight is 371 g/mol. The highest BCUT2D eigenvalue weighted by molar-refractivity contribution is 7.13. The molecular weight excluding hydrogens is 344 g/mol. The minimum Gasteiger partial charge on any atom is -0.484 e. The van der Waals surface area contributed by atoms with Crippen LogP contribution in [0.4, 0.5) is 0 Å². The summed E-state index contributed by atoms with van der Waals surface area (Å²) in [5, 5.41) is 3.07. The number of likely N-dealkylation sites (tertiary alicyclic amines) is 1. The van der Waals surface area contributed by atoms with Gasteiger partial charge in [0.2, 0.25) is 0 Å². The Morgan fingerprint density at radius 1 is 1.19 bits per heavy atom. The molecule has 1 aromatic heterocycles. The number of piperidine rings is 1. The number of fused-ring (bicyclic) bond motifs is 1. The Balaban J connectivity index is 1.35. The molecule has 2 heterocycles. The first-order chi connectivity index (χ1) is 12.7. The van der Waals surface area contributed by atoms with Gasteiger partial charge in [-0.3, -0.25) is 4.79 Å². The number of aromatic nitrogens is 1. The Hall–Kier alpha value is -1.88. The molecule has 2 aliphatic rings. The molecule has 2 fully saturated rings. The van der Waals surface area contributed by atoms with Crippen molar-refractivity contribution >= 4 is 17.2 Å². The van der Waals surface area contributed by atoms with E-state index < -0.39 is 0 Å². The van der Waals surface area contributed by atoms with Crippen LogP contribution in [0.1, 0.15) is 44.2 Å². The minimum absolute atomic E-state index is 0.138. The van der Waals surface area contributed by atoms with Gasteiger partial charge in [0, 0.05) is 29.2 Å². The number of carbonyl (C=O) groups is 1. The van der Waals surface area contributed by atoms with E-state index >= 15 is 0 Å². The lowest BCUT2D eigenvalue weighted by Crippen LogP contribution is -2.51. The Bertz CT molecular complexity index is 754. The molecule has 4 nitrogen and oxygen atoms in total. The van der Waals surface area contributed by atoms with Crippen LogP contribution in [-0.2, 0) is 4.79 Å². The lowest BCUT2D eigenvalue weighted by Gasteiger charge is -2.44. The number of ether oxygens (including phenoxy) is 1. The van der Waals surface area contributed by atoms with Crippen LogP contribution < -0.4 is 4.74 Å². The molecule has 4 rings (SSSR count). The molecule has 0 unspecified atom stereocenters. The van der Waals surface area contributed by atoms with Crippen LogP contribution in [0, 0.1) is 12.8 Å². The number of aryl methyl sites for hydroxylation is 1. The maximum atomic E-state index is 12.7. The van der Waals surface area contributed by atoms with E-state index in [2.05, 4.69) is 15.3 Å². The summed E-state index contributed by atoms with van der Waals surface area (Å²) in [5.41, 5.74) is 2.13. The van der Waals surface area contributed by atoms with Gasteiger partial charge in [-0.2, -0.15) is 0 Å². The van der Waals surface area contributed by atoms with E-state index in [0.717, 1.165) is 35.0 Å². The van der Waals surface area contributed by atoms with Gasteiger partial charge < -0.3 is 9.64 Å². The van der Waals surface area contributed by atoms with Crippen LogP contribution in [0.2, 0.25) is 0 Å². The third kappa shape index (κ3) is 3.78. The molecule has 1 aliphatic carbocycles. The van der Waals surface area contributed by atoms with Gasteiger partial charge >= 0.3 is 0 Å². The van der Waals surface area contributed by atoms with Gasteiger partial charge in [0.1, 0.15) is 10.8 Å². The number of rotatable bonds is 4. The number of benzene rings is 1. The van der Waals surface area contributed by atoms with Gasteiger partial charge in [0.05, 0.1) is 0 Å². The van der Waals surface area contributed by atoms with Crippen molar-refractivity contribution in [2.75, 3.05) is 13.2 Å². The second-order valence-corrected chi connectivity index (χ2v) is 8.31. The van der Waals surface area contributed by atoms with Crippen molar-refractivity contribution < 1.29 is 9.53 Å². The first kappa shape index (κ1) is 17.5. The first-order valence-electron chi connectivity index (χ1n) is 9.65. The van der Waals surface area contributed by atoms with Crippen molar-refractivity contribution in [2.45, 2.75) is 51.5 Å². The summed E-state index contributed by atoms with van der Waals surface area (Å²) in [6, 6.07) is 8.33. The molecule has 1 saturated heterocycles. The van der Waals surface area contributed by atoms with Gasteiger partial charge in [-0.25, -0.2) is 4.98 Å². The monoisotopic (exact) mass is 370 g/mol. The molecule has 0 N–H and O–H groups in total. The summed E-state index contributed by atoms with van der Waals surface area (Å²) in [6.45, 7) is 3.03. The fraction of sp³-hybridized carbons (Fsp3) is 0.524. The zero-order valence-electron chi connectivity index (χ0n) is 15.3. The number of thiazole rings is 1. The van der Waals surface area contributed by atoms with Crippen LogP contribution in [0.25, 0.3) is 10.6 Å². The van der Waals surface area contributed by atoms with E-state index in [9.17, 15) is 4.79 Å². The van der Waals surface area contributed by atoms with Crippen molar-refractivity contribution in [3.63, 3.8) is 0 Å². The fourth-order valence-corrected chi connectivity index (χ4v) is 5.15. The SMILES string of the molecule is Cc1csc(-c2ccc(OCC(=O)N3CCC[C@@H]4CCCC[C@H]43)cc2)n1. The molecule has 138 valence electrons. The molecule has 0 bridgehead atoms. The number of amides is 1. The van der Waals surface area contributed by atoms with Crippen molar-refractivity contribution in [1.29, 1.82) is 0 Å². The van der Waals surface area contributed by atoms with Crippen LogP contribution in [0.5, 0.6) is 5.75 Å². The normalized spacial score (nSPS) is 22.7.